The van der Waals surface area contributed by atoms with Crippen molar-refractivity contribution >= 4 is 32.6 Å². The zero-order chi connectivity index (χ0) is 17.9. The monoisotopic (exact) mass is 360 g/mol. The molecule has 0 atom stereocenters. The Labute approximate surface area is 155 Å². The van der Waals surface area contributed by atoms with E-state index in [2.05, 4.69) is 10.3 Å². The van der Waals surface area contributed by atoms with Crippen LogP contribution in [0.4, 0.5) is 5.13 Å². The van der Waals surface area contributed by atoms with Crippen molar-refractivity contribution in [3.8, 4) is 16.9 Å². The first kappa shape index (κ1) is 16.3. The van der Waals surface area contributed by atoms with E-state index >= 15 is 0 Å². The van der Waals surface area contributed by atoms with Crippen LogP contribution in [0.1, 0.15) is 10.4 Å². The van der Waals surface area contributed by atoms with Crippen molar-refractivity contribution in [3.05, 3.63) is 78.4 Å². The molecule has 0 aliphatic carbocycles. The van der Waals surface area contributed by atoms with Crippen LogP contribution in [0.15, 0.2) is 72.8 Å². The van der Waals surface area contributed by atoms with Gasteiger partial charge in [-0.05, 0) is 35.4 Å². The molecule has 4 rings (SSSR count). The van der Waals surface area contributed by atoms with E-state index in [0.717, 1.165) is 21.3 Å². The van der Waals surface area contributed by atoms with Gasteiger partial charge in [0.05, 0.1) is 11.8 Å². The summed E-state index contributed by atoms with van der Waals surface area (Å²) >= 11 is 1.43. The maximum Gasteiger partial charge on any atom is 0.257 e. The number of methoxy groups -OCH3 is 1. The van der Waals surface area contributed by atoms with E-state index in [1.807, 2.05) is 72.8 Å². The Kier molecular flexibility index (Phi) is 4.37. The first-order valence-electron chi connectivity index (χ1n) is 8.15. The van der Waals surface area contributed by atoms with Crippen LogP contribution in [0.5, 0.6) is 5.75 Å². The molecule has 3 aromatic carbocycles. The fourth-order valence-corrected chi connectivity index (χ4v) is 3.63. The molecule has 26 heavy (non-hydrogen) atoms. The standard InChI is InChI=1S/C21H16N2O2S/c1-25-17-8-5-9-18-19(17)22-21(26-18)23-20(24)16-12-10-15(11-13-16)14-6-3-2-4-7-14/h2-13H,1H3,(H,22,23,24). The van der Waals surface area contributed by atoms with E-state index in [9.17, 15) is 4.79 Å². The van der Waals surface area contributed by atoms with Gasteiger partial charge in [-0.2, -0.15) is 0 Å². The van der Waals surface area contributed by atoms with Crippen molar-refractivity contribution in [2.24, 2.45) is 0 Å². The molecule has 0 bridgehead atoms. The third-order valence-electron chi connectivity index (χ3n) is 4.08. The van der Waals surface area contributed by atoms with Crippen LogP contribution >= 0.6 is 11.3 Å². The highest BCUT2D eigenvalue weighted by atomic mass is 32.1. The topological polar surface area (TPSA) is 51.2 Å². The first-order chi connectivity index (χ1) is 12.7. The van der Waals surface area contributed by atoms with Gasteiger partial charge in [0.15, 0.2) is 5.13 Å². The number of carbonyl (C=O) groups is 1. The Morgan fingerprint density at radius 3 is 2.38 bits per heavy atom. The molecule has 1 heterocycles. The van der Waals surface area contributed by atoms with Gasteiger partial charge in [-0.25, -0.2) is 4.98 Å². The maximum absolute atomic E-state index is 12.5. The normalized spacial score (nSPS) is 10.7. The summed E-state index contributed by atoms with van der Waals surface area (Å²) < 4.78 is 6.29. The molecule has 5 heteroatoms. The second-order valence-corrected chi connectivity index (χ2v) is 6.75. The molecule has 4 aromatic rings. The van der Waals surface area contributed by atoms with Gasteiger partial charge in [0.25, 0.3) is 5.91 Å². The molecule has 1 N–H and O–H groups in total. The van der Waals surface area contributed by atoms with E-state index in [1.165, 1.54) is 11.3 Å². The quantitative estimate of drug-likeness (QED) is 0.542. The number of hydrogen-bond donors (Lipinski definition) is 1. The number of hydrogen-bond acceptors (Lipinski definition) is 4. The van der Waals surface area contributed by atoms with Crippen molar-refractivity contribution < 1.29 is 9.53 Å². The number of thiazole rings is 1. The highest BCUT2D eigenvalue weighted by molar-refractivity contribution is 7.22. The van der Waals surface area contributed by atoms with Crippen LogP contribution in [-0.4, -0.2) is 18.0 Å². The molecule has 0 radical (unpaired) electrons. The first-order valence-corrected chi connectivity index (χ1v) is 8.96. The molecule has 0 saturated heterocycles. The van der Waals surface area contributed by atoms with Crippen LogP contribution in [0.25, 0.3) is 21.3 Å². The van der Waals surface area contributed by atoms with E-state index in [1.54, 1.807) is 7.11 Å². The highest BCUT2D eigenvalue weighted by Crippen LogP contribution is 2.32. The summed E-state index contributed by atoms with van der Waals surface area (Å²) in [5.74, 6) is 0.522. The molecule has 1 aromatic heterocycles. The minimum absolute atomic E-state index is 0.178. The fraction of sp³-hybridized carbons (Fsp3) is 0.0476. The molecular weight excluding hydrogens is 344 g/mol. The predicted molar refractivity (Wildman–Crippen MR) is 106 cm³/mol. The lowest BCUT2D eigenvalue weighted by Crippen LogP contribution is -2.11. The summed E-state index contributed by atoms with van der Waals surface area (Å²) in [6.07, 6.45) is 0. The number of para-hydroxylation sites is 1. The largest absolute Gasteiger partial charge is 0.494 e. The van der Waals surface area contributed by atoms with Crippen molar-refractivity contribution in [2.45, 2.75) is 0 Å². The van der Waals surface area contributed by atoms with Gasteiger partial charge >= 0.3 is 0 Å². The number of benzene rings is 3. The zero-order valence-electron chi connectivity index (χ0n) is 14.1. The zero-order valence-corrected chi connectivity index (χ0v) is 14.9. The molecular formula is C21H16N2O2S. The van der Waals surface area contributed by atoms with E-state index in [0.29, 0.717) is 16.4 Å². The van der Waals surface area contributed by atoms with Crippen LogP contribution in [0.2, 0.25) is 0 Å². The van der Waals surface area contributed by atoms with E-state index < -0.39 is 0 Å². The van der Waals surface area contributed by atoms with Gasteiger partial charge in [-0.1, -0.05) is 59.9 Å². The van der Waals surface area contributed by atoms with Crippen molar-refractivity contribution in [2.75, 3.05) is 12.4 Å². The summed E-state index contributed by atoms with van der Waals surface area (Å²) in [6.45, 7) is 0. The van der Waals surface area contributed by atoms with Crippen LogP contribution in [0.3, 0.4) is 0 Å². The number of nitrogens with one attached hydrogen (secondary N) is 1. The highest BCUT2D eigenvalue weighted by Gasteiger charge is 2.12. The smallest absolute Gasteiger partial charge is 0.257 e. The molecule has 0 aliphatic rings. The van der Waals surface area contributed by atoms with Crippen molar-refractivity contribution in [3.63, 3.8) is 0 Å². The molecule has 128 valence electrons. The summed E-state index contributed by atoms with van der Waals surface area (Å²) in [4.78, 5) is 17.0. The molecule has 0 unspecified atom stereocenters. The average molecular weight is 360 g/mol. The summed E-state index contributed by atoms with van der Waals surface area (Å²) in [7, 11) is 1.61. The number of ether oxygens (including phenoxy) is 1. The second kappa shape index (κ2) is 6.98. The molecule has 0 fully saturated rings. The van der Waals surface area contributed by atoms with E-state index in [-0.39, 0.29) is 5.91 Å². The second-order valence-electron chi connectivity index (χ2n) is 5.72. The number of rotatable bonds is 4. The SMILES string of the molecule is COc1cccc2sc(NC(=O)c3ccc(-c4ccccc4)cc3)nc12. The van der Waals surface area contributed by atoms with Crippen molar-refractivity contribution in [1.29, 1.82) is 0 Å². The lowest BCUT2D eigenvalue weighted by atomic mass is 10.0. The number of fused-ring (bicyclic) bond motifs is 1. The Bertz CT molecular complexity index is 1060. The number of amides is 1. The third kappa shape index (κ3) is 3.17. The molecule has 0 aliphatic heterocycles. The Hall–Kier alpha value is -3.18. The molecule has 0 spiro atoms. The van der Waals surface area contributed by atoms with E-state index in [4.69, 9.17) is 4.74 Å². The van der Waals surface area contributed by atoms with Crippen LogP contribution in [0, 0.1) is 0 Å². The maximum atomic E-state index is 12.5. The van der Waals surface area contributed by atoms with Gasteiger partial charge in [0.2, 0.25) is 0 Å². The minimum atomic E-state index is -0.178. The molecule has 1 amide bonds. The molecule has 4 nitrogen and oxygen atoms in total. The van der Waals surface area contributed by atoms with Gasteiger partial charge in [0.1, 0.15) is 11.3 Å². The van der Waals surface area contributed by atoms with Gasteiger partial charge < -0.3 is 4.74 Å². The number of carbonyl (C=O) groups excluding carboxylic acids is 1. The summed E-state index contributed by atoms with van der Waals surface area (Å²) in [6, 6.07) is 23.3. The number of aromatic nitrogens is 1. The lowest BCUT2D eigenvalue weighted by molar-refractivity contribution is 0.102. The van der Waals surface area contributed by atoms with Crippen molar-refractivity contribution in [1.82, 2.24) is 4.98 Å². The number of nitrogens with zero attached hydrogens (tertiary/aromatic N) is 1. The number of anilines is 1. The summed E-state index contributed by atoms with van der Waals surface area (Å²) in [5, 5.41) is 3.43. The molecule has 0 saturated carbocycles. The summed E-state index contributed by atoms with van der Waals surface area (Å²) in [5.41, 5.74) is 3.55. The van der Waals surface area contributed by atoms with Crippen LogP contribution in [-0.2, 0) is 0 Å². The van der Waals surface area contributed by atoms with Gasteiger partial charge in [0, 0.05) is 5.56 Å². The van der Waals surface area contributed by atoms with Gasteiger partial charge in [-0.15, -0.1) is 0 Å². The lowest BCUT2D eigenvalue weighted by Gasteiger charge is -2.04. The third-order valence-corrected chi connectivity index (χ3v) is 5.01. The minimum Gasteiger partial charge on any atom is -0.494 e. The predicted octanol–water partition coefficient (Wildman–Crippen LogP) is 5.22. The van der Waals surface area contributed by atoms with Gasteiger partial charge in [-0.3, -0.25) is 10.1 Å². The fourth-order valence-electron chi connectivity index (χ4n) is 2.76. The van der Waals surface area contributed by atoms with Crippen LogP contribution < -0.4 is 10.1 Å². The Balaban J connectivity index is 1.55. The Morgan fingerprint density at radius 1 is 0.923 bits per heavy atom. The average Bonchev–Trinajstić information content (AvgIpc) is 3.11. The Morgan fingerprint density at radius 2 is 1.65 bits per heavy atom.